The van der Waals surface area contributed by atoms with Crippen LogP contribution in [-0.2, 0) is 14.3 Å². The number of anilines is 4. The van der Waals surface area contributed by atoms with Gasteiger partial charge in [0, 0.05) is 24.8 Å². The minimum absolute atomic E-state index is 0.182. The Kier molecular flexibility index (Phi) is 7.50. The number of hydrogen-bond donors (Lipinski definition) is 3. The predicted octanol–water partition coefficient (Wildman–Crippen LogP) is 2.04. The number of nitrogens with zero attached hydrogens (tertiary/aromatic N) is 4. The lowest BCUT2D eigenvalue weighted by molar-refractivity contribution is -0.111. The van der Waals surface area contributed by atoms with Crippen LogP contribution in [0, 0.1) is 0 Å². The number of aliphatic hydroxyl groups excluding tert-OH is 1. The molecule has 1 unspecified atom stereocenters. The van der Waals surface area contributed by atoms with Crippen LogP contribution in [0.15, 0.2) is 37.1 Å². The van der Waals surface area contributed by atoms with Crippen molar-refractivity contribution in [3.05, 3.63) is 42.1 Å². The van der Waals surface area contributed by atoms with Gasteiger partial charge in [0.2, 0.25) is 17.7 Å². The molecule has 4 heterocycles. The zero-order chi connectivity index (χ0) is 26.1. The molecule has 3 aliphatic heterocycles. The number of aliphatic hydroxyl groups is 1. The summed E-state index contributed by atoms with van der Waals surface area (Å²) in [6, 6.07) is 6.15. The van der Waals surface area contributed by atoms with Gasteiger partial charge in [0.25, 0.3) is 0 Å². The molecule has 3 N–H and O–H groups in total. The molecular formula is C25H31ClN6O5. The molecule has 0 aliphatic carbocycles. The maximum absolute atomic E-state index is 12.2. The first-order valence-electron chi connectivity index (χ1n) is 12.2. The lowest BCUT2D eigenvalue weighted by atomic mass is 10.1. The van der Waals surface area contributed by atoms with E-state index in [1.165, 1.54) is 12.3 Å². The largest absolute Gasteiger partial charge is 0.468 e. The van der Waals surface area contributed by atoms with Gasteiger partial charge in [0.1, 0.15) is 23.3 Å². The summed E-state index contributed by atoms with van der Waals surface area (Å²) in [6.45, 7) is 5.78. The highest BCUT2D eigenvalue weighted by Gasteiger charge is 2.48. The third-order valence-electron chi connectivity index (χ3n) is 6.89. The minimum atomic E-state index is -0.676. The molecule has 12 heteroatoms. The highest BCUT2D eigenvalue weighted by atomic mass is 35.5. The fraction of sp³-hybridized carbons (Fsp3) is 0.480. The number of ether oxygens (including phenoxy) is 3. The van der Waals surface area contributed by atoms with E-state index in [0.29, 0.717) is 17.4 Å². The predicted molar refractivity (Wildman–Crippen MR) is 140 cm³/mol. The van der Waals surface area contributed by atoms with Gasteiger partial charge in [-0.15, -0.1) is 0 Å². The summed E-state index contributed by atoms with van der Waals surface area (Å²) in [5.41, 5.74) is 2.26. The van der Waals surface area contributed by atoms with Crippen molar-refractivity contribution in [2.45, 2.75) is 36.9 Å². The normalized spacial score (nSPS) is 26.8. The smallest absolute Gasteiger partial charge is 0.247 e. The standard InChI is InChI=1S/C25H31ClN6O5/c1-4-21(34)29-17-9-14(5-6-18(17)32-8-7-15(11-32)31(2)3)28-25-27-10-16(26)24(30-25)37-20-13-36-22-19(33)12-35-23(20)22/h4-6,9-10,15,19-20,22-23,33H,1,7-8,11-13H2,2-3H3,(H,29,34)(H,27,28,30)/t15?,19-,20-,22-,23-/m1/s1. The van der Waals surface area contributed by atoms with Crippen molar-refractivity contribution >= 4 is 40.5 Å². The Morgan fingerprint density at radius 1 is 1.32 bits per heavy atom. The molecule has 3 fully saturated rings. The molecule has 1 aromatic heterocycles. The Balaban J connectivity index is 1.34. The van der Waals surface area contributed by atoms with E-state index >= 15 is 0 Å². The summed E-state index contributed by atoms with van der Waals surface area (Å²) in [5.74, 6) is 0.156. The van der Waals surface area contributed by atoms with Gasteiger partial charge in [0.05, 0.1) is 30.8 Å². The number of amides is 1. The quantitative estimate of drug-likeness (QED) is 0.437. The molecule has 2 aromatic rings. The molecule has 0 spiro atoms. The van der Waals surface area contributed by atoms with Crippen LogP contribution in [0.3, 0.4) is 0 Å². The van der Waals surface area contributed by atoms with Gasteiger partial charge in [-0.05, 0) is 44.8 Å². The van der Waals surface area contributed by atoms with Crippen molar-refractivity contribution in [3.8, 4) is 5.88 Å². The van der Waals surface area contributed by atoms with Crippen LogP contribution in [0.4, 0.5) is 23.0 Å². The van der Waals surface area contributed by atoms with E-state index in [4.69, 9.17) is 25.8 Å². The number of fused-ring (bicyclic) bond motifs is 1. The van der Waals surface area contributed by atoms with Crippen LogP contribution >= 0.6 is 11.6 Å². The second-order valence-electron chi connectivity index (χ2n) is 9.57. The lowest BCUT2D eigenvalue weighted by Gasteiger charge is -2.24. The second kappa shape index (κ2) is 10.8. The van der Waals surface area contributed by atoms with Crippen LogP contribution in [0.25, 0.3) is 0 Å². The molecule has 0 bridgehead atoms. The van der Waals surface area contributed by atoms with E-state index in [-0.39, 0.29) is 36.0 Å². The van der Waals surface area contributed by atoms with Gasteiger partial charge in [-0.25, -0.2) is 4.98 Å². The molecule has 5 atom stereocenters. The van der Waals surface area contributed by atoms with Gasteiger partial charge >= 0.3 is 0 Å². The summed E-state index contributed by atoms with van der Waals surface area (Å²) in [5, 5.41) is 16.3. The van der Waals surface area contributed by atoms with Gasteiger partial charge in [-0.2, -0.15) is 4.98 Å². The summed E-state index contributed by atoms with van der Waals surface area (Å²) in [4.78, 5) is 25.3. The summed E-state index contributed by atoms with van der Waals surface area (Å²) < 4.78 is 17.2. The minimum Gasteiger partial charge on any atom is -0.468 e. The zero-order valence-electron chi connectivity index (χ0n) is 20.8. The molecule has 1 aromatic carbocycles. The number of carbonyl (C=O) groups excluding carboxylic acids is 1. The third-order valence-corrected chi connectivity index (χ3v) is 7.15. The van der Waals surface area contributed by atoms with Crippen molar-refractivity contribution in [2.24, 2.45) is 0 Å². The molecule has 5 rings (SSSR count). The fourth-order valence-corrected chi connectivity index (χ4v) is 5.00. The first-order chi connectivity index (χ1) is 17.8. The molecule has 0 radical (unpaired) electrons. The zero-order valence-corrected chi connectivity index (χ0v) is 21.5. The second-order valence-corrected chi connectivity index (χ2v) is 9.98. The Morgan fingerprint density at radius 2 is 2.14 bits per heavy atom. The summed E-state index contributed by atoms with van der Waals surface area (Å²) in [7, 11) is 4.15. The SMILES string of the molecule is C=CC(=O)Nc1cc(Nc2ncc(Cl)c(O[C@@H]3CO[C@H]4[C@@H]3OC[C@H]4O)n2)ccc1N1CCC(N(C)C)C1. The Hall–Kier alpha value is -2.96. The van der Waals surface area contributed by atoms with Crippen molar-refractivity contribution < 1.29 is 24.1 Å². The molecule has 11 nitrogen and oxygen atoms in total. The molecule has 1 amide bonds. The topological polar surface area (TPSA) is 121 Å². The number of aromatic nitrogens is 2. The van der Waals surface area contributed by atoms with Gasteiger partial charge in [-0.1, -0.05) is 18.2 Å². The van der Waals surface area contributed by atoms with Gasteiger partial charge < -0.3 is 39.8 Å². The van der Waals surface area contributed by atoms with Crippen molar-refractivity contribution in [1.82, 2.24) is 14.9 Å². The first-order valence-corrected chi connectivity index (χ1v) is 12.6. The van der Waals surface area contributed by atoms with E-state index < -0.39 is 24.4 Å². The third kappa shape index (κ3) is 5.51. The van der Waals surface area contributed by atoms with E-state index in [1.54, 1.807) is 0 Å². The fourth-order valence-electron chi connectivity index (χ4n) is 4.87. The van der Waals surface area contributed by atoms with Crippen LogP contribution < -0.4 is 20.3 Å². The van der Waals surface area contributed by atoms with E-state index in [0.717, 1.165) is 25.2 Å². The summed E-state index contributed by atoms with van der Waals surface area (Å²) >= 11 is 6.30. The van der Waals surface area contributed by atoms with Crippen LogP contribution in [0.2, 0.25) is 5.02 Å². The molecule has 3 saturated heterocycles. The highest BCUT2D eigenvalue weighted by molar-refractivity contribution is 6.31. The monoisotopic (exact) mass is 530 g/mol. The molecule has 198 valence electrons. The molecule has 37 heavy (non-hydrogen) atoms. The maximum atomic E-state index is 12.2. The Morgan fingerprint density at radius 3 is 2.89 bits per heavy atom. The Labute approximate surface area is 220 Å². The van der Waals surface area contributed by atoms with Gasteiger partial charge in [0.15, 0.2) is 6.10 Å². The van der Waals surface area contributed by atoms with Crippen LogP contribution in [-0.4, -0.2) is 96.7 Å². The van der Waals surface area contributed by atoms with E-state index in [9.17, 15) is 9.90 Å². The Bertz CT molecular complexity index is 1170. The maximum Gasteiger partial charge on any atom is 0.247 e. The highest BCUT2D eigenvalue weighted by Crippen LogP contribution is 2.35. The lowest BCUT2D eigenvalue weighted by Crippen LogP contribution is -2.34. The average molecular weight is 531 g/mol. The molecular weight excluding hydrogens is 500 g/mol. The molecule has 0 saturated carbocycles. The van der Waals surface area contributed by atoms with Crippen LogP contribution in [0.5, 0.6) is 5.88 Å². The van der Waals surface area contributed by atoms with E-state index in [1.807, 2.05) is 18.2 Å². The van der Waals surface area contributed by atoms with Crippen molar-refractivity contribution in [3.63, 3.8) is 0 Å². The van der Waals surface area contributed by atoms with Crippen molar-refractivity contribution in [2.75, 3.05) is 55.9 Å². The first kappa shape index (κ1) is 25.7. The number of halogens is 1. The number of nitrogens with one attached hydrogen (secondary N) is 2. The van der Waals surface area contributed by atoms with Gasteiger partial charge in [-0.3, -0.25) is 4.79 Å². The molecule has 3 aliphatic rings. The average Bonchev–Trinajstić information content (AvgIpc) is 3.60. The number of hydrogen-bond acceptors (Lipinski definition) is 10. The van der Waals surface area contributed by atoms with E-state index in [2.05, 4.69) is 51.1 Å². The summed E-state index contributed by atoms with van der Waals surface area (Å²) in [6.07, 6.45) is 1.80. The number of carbonyl (C=O) groups is 1. The van der Waals surface area contributed by atoms with Crippen molar-refractivity contribution in [1.29, 1.82) is 0 Å². The number of likely N-dealkylation sites (N-methyl/N-ethyl adjacent to an activating group) is 1. The van der Waals surface area contributed by atoms with Crippen LogP contribution in [0.1, 0.15) is 6.42 Å². The number of benzene rings is 1. The number of rotatable bonds is 8.